The van der Waals surface area contributed by atoms with Crippen LogP contribution in [0.3, 0.4) is 0 Å². The Morgan fingerprint density at radius 3 is 2.31 bits per heavy atom. The molecule has 0 bridgehead atoms. The zero-order valence-electron chi connectivity index (χ0n) is 19.2. The summed E-state index contributed by atoms with van der Waals surface area (Å²) in [5.74, 6) is -0.850. The van der Waals surface area contributed by atoms with Gasteiger partial charge < -0.3 is 9.64 Å². The van der Waals surface area contributed by atoms with Gasteiger partial charge in [0.25, 0.3) is 11.8 Å². The molecule has 0 radical (unpaired) electrons. The lowest BCUT2D eigenvalue weighted by molar-refractivity contribution is -0.133. The number of benzene rings is 3. The lowest BCUT2D eigenvalue weighted by atomic mass is 10.1. The van der Waals surface area contributed by atoms with Gasteiger partial charge in [0.1, 0.15) is 11.8 Å². The van der Waals surface area contributed by atoms with Crippen LogP contribution in [0.15, 0.2) is 77.7 Å². The summed E-state index contributed by atoms with van der Waals surface area (Å²) in [5.41, 5.74) is 3.77. The van der Waals surface area contributed by atoms with Crippen molar-refractivity contribution >= 4 is 27.5 Å². The standard InChI is InChI=1S/C25H25N3O6S/c1-17-7-3-5-9-21(17)25(30)27-16-23(24(29)26-31)28(15-18-8-4-6-10-22(18)27)35(32,33)20-13-11-19(34-2)12-14-20/h3-14,23,31H,15-16H2,1-2H3,(H,26,29). The van der Waals surface area contributed by atoms with Gasteiger partial charge in [-0.3, -0.25) is 14.8 Å². The van der Waals surface area contributed by atoms with Gasteiger partial charge in [0.05, 0.1) is 18.6 Å². The number of nitrogens with zero attached hydrogens (tertiary/aromatic N) is 2. The Morgan fingerprint density at radius 2 is 1.66 bits per heavy atom. The molecule has 3 aromatic rings. The fourth-order valence-corrected chi connectivity index (χ4v) is 5.68. The molecule has 2 amide bonds. The molecular formula is C25H25N3O6S. The third-order valence-corrected chi connectivity index (χ3v) is 7.88. The highest BCUT2D eigenvalue weighted by Gasteiger charge is 2.41. The first-order chi connectivity index (χ1) is 16.8. The van der Waals surface area contributed by atoms with Crippen molar-refractivity contribution in [1.29, 1.82) is 0 Å². The highest BCUT2D eigenvalue weighted by Crippen LogP contribution is 2.32. The van der Waals surface area contributed by atoms with E-state index in [1.807, 2.05) is 6.07 Å². The van der Waals surface area contributed by atoms with Gasteiger partial charge in [0.15, 0.2) is 0 Å². The molecule has 1 aliphatic heterocycles. The summed E-state index contributed by atoms with van der Waals surface area (Å²) in [6.45, 7) is 1.32. The third-order valence-electron chi connectivity index (χ3n) is 6.01. The van der Waals surface area contributed by atoms with Gasteiger partial charge in [0.2, 0.25) is 10.0 Å². The number of hydrogen-bond acceptors (Lipinski definition) is 6. The van der Waals surface area contributed by atoms with Gasteiger partial charge >= 0.3 is 0 Å². The maximum Gasteiger partial charge on any atom is 0.263 e. The maximum absolute atomic E-state index is 13.7. The second kappa shape index (κ2) is 9.87. The molecule has 4 rings (SSSR count). The SMILES string of the molecule is COc1ccc(S(=O)(=O)N2Cc3ccccc3N(C(=O)c3ccccc3C)CC2C(=O)NO)cc1. The normalized spacial score (nSPS) is 16.2. The number of amides is 2. The van der Waals surface area contributed by atoms with E-state index in [-0.39, 0.29) is 23.9 Å². The van der Waals surface area contributed by atoms with E-state index in [9.17, 15) is 23.2 Å². The van der Waals surface area contributed by atoms with E-state index >= 15 is 0 Å². The molecule has 1 heterocycles. The smallest absolute Gasteiger partial charge is 0.263 e. The van der Waals surface area contributed by atoms with Crippen LogP contribution in [0.2, 0.25) is 0 Å². The van der Waals surface area contributed by atoms with Gasteiger partial charge in [-0.1, -0.05) is 36.4 Å². The Labute approximate surface area is 203 Å². The van der Waals surface area contributed by atoms with Gasteiger partial charge in [0, 0.05) is 17.8 Å². The first-order valence-corrected chi connectivity index (χ1v) is 12.3. The Morgan fingerprint density at radius 1 is 1.00 bits per heavy atom. The summed E-state index contributed by atoms with van der Waals surface area (Å²) in [5, 5.41) is 9.46. The van der Waals surface area contributed by atoms with Crippen molar-refractivity contribution in [3.8, 4) is 5.75 Å². The average Bonchev–Trinajstić information content (AvgIpc) is 3.06. The van der Waals surface area contributed by atoms with Crippen molar-refractivity contribution in [2.45, 2.75) is 24.4 Å². The number of nitrogens with one attached hydrogen (secondary N) is 1. The molecule has 1 atom stereocenters. The molecule has 0 aromatic heterocycles. The molecule has 0 aliphatic carbocycles. The summed E-state index contributed by atoms with van der Waals surface area (Å²) in [6.07, 6.45) is 0. The van der Waals surface area contributed by atoms with E-state index in [1.165, 1.54) is 36.3 Å². The van der Waals surface area contributed by atoms with E-state index in [0.717, 1.165) is 9.87 Å². The van der Waals surface area contributed by atoms with Gasteiger partial charge in [-0.2, -0.15) is 4.31 Å². The average molecular weight is 496 g/mol. The molecule has 3 aromatic carbocycles. The minimum Gasteiger partial charge on any atom is -0.497 e. The molecule has 2 N–H and O–H groups in total. The van der Waals surface area contributed by atoms with Crippen LogP contribution in [0.25, 0.3) is 0 Å². The van der Waals surface area contributed by atoms with Crippen molar-refractivity contribution in [2.75, 3.05) is 18.6 Å². The molecule has 9 nitrogen and oxygen atoms in total. The Balaban J connectivity index is 1.84. The number of hydroxylamine groups is 1. The van der Waals surface area contributed by atoms with Crippen molar-refractivity contribution in [2.24, 2.45) is 0 Å². The minimum atomic E-state index is -4.21. The van der Waals surface area contributed by atoms with Crippen LogP contribution in [-0.4, -0.2) is 49.4 Å². The zero-order valence-corrected chi connectivity index (χ0v) is 20.0. The van der Waals surface area contributed by atoms with E-state index in [2.05, 4.69) is 0 Å². The molecule has 0 saturated carbocycles. The van der Waals surface area contributed by atoms with Crippen LogP contribution >= 0.6 is 0 Å². The number of carbonyl (C=O) groups is 2. The van der Waals surface area contributed by atoms with E-state index in [1.54, 1.807) is 54.9 Å². The van der Waals surface area contributed by atoms with Crippen LogP contribution in [0.1, 0.15) is 21.5 Å². The van der Waals surface area contributed by atoms with Crippen molar-refractivity contribution < 1.29 is 28.0 Å². The molecule has 0 fully saturated rings. The molecule has 1 aliphatic rings. The monoisotopic (exact) mass is 495 g/mol. The van der Waals surface area contributed by atoms with Crippen LogP contribution in [0, 0.1) is 6.92 Å². The van der Waals surface area contributed by atoms with Crippen LogP contribution in [0.5, 0.6) is 5.75 Å². The van der Waals surface area contributed by atoms with Crippen molar-refractivity contribution in [3.05, 3.63) is 89.5 Å². The lowest BCUT2D eigenvalue weighted by Gasteiger charge is -2.30. The molecule has 182 valence electrons. The molecule has 0 spiro atoms. The predicted octanol–water partition coefficient (Wildman–Crippen LogP) is 2.73. The summed E-state index contributed by atoms with van der Waals surface area (Å²) in [4.78, 5) is 27.8. The van der Waals surface area contributed by atoms with Crippen molar-refractivity contribution in [3.63, 3.8) is 0 Å². The van der Waals surface area contributed by atoms with Gasteiger partial charge in [-0.25, -0.2) is 13.9 Å². The maximum atomic E-state index is 13.7. The predicted molar refractivity (Wildman–Crippen MR) is 129 cm³/mol. The second-order valence-electron chi connectivity index (χ2n) is 8.08. The minimum absolute atomic E-state index is 0.0507. The summed E-state index contributed by atoms with van der Waals surface area (Å²) >= 11 is 0. The number of fused-ring (bicyclic) bond motifs is 1. The number of sulfonamides is 1. The first-order valence-electron chi connectivity index (χ1n) is 10.8. The number of rotatable bonds is 5. The first kappa shape index (κ1) is 24.4. The summed E-state index contributed by atoms with van der Waals surface area (Å²) < 4.78 is 33.5. The Bertz CT molecular complexity index is 1360. The number of carbonyl (C=O) groups excluding carboxylic acids is 2. The molecule has 0 saturated heterocycles. The molecule has 10 heteroatoms. The fraction of sp³-hybridized carbons (Fsp3) is 0.200. The summed E-state index contributed by atoms with van der Waals surface area (Å²) in [6, 6.07) is 18.3. The quantitative estimate of drug-likeness (QED) is 0.415. The van der Waals surface area contributed by atoms with E-state index in [4.69, 9.17) is 4.74 Å². The topological polar surface area (TPSA) is 116 Å². The second-order valence-corrected chi connectivity index (χ2v) is 9.97. The van der Waals surface area contributed by atoms with Gasteiger partial charge in [-0.15, -0.1) is 0 Å². The fourth-order valence-electron chi connectivity index (χ4n) is 4.12. The number of methoxy groups -OCH3 is 1. The number of para-hydroxylation sites is 1. The van der Waals surface area contributed by atoms with Crippen LogP contribution in [-0.2, 0) is 21.4 Å². The molecular weight excluding hydrogens is 470 g/mol. The third kappa shape index (κ3) is 4.63. The van der Waals surface area contributed by atoms with Crippen molar-refractivity contribution in [1.82, 2.24) is 9.79 Å². The molecule has 1 unspecified atom stereocenters. The summed E-state index contributed by atoms with van der Waals surface area (Å²) in [7, 11) is -2.74. The highest BCUT2D eigenvalue weighted by atomic mass is 32.2. The number of ether oxygens (including phenoxy) is 1. The number of aryl methyl sites for hydroxylation is 1. The van der Waals surface area contributed by atoms with Crippen LogP contribution < -0.4 is 15.1 Å². The number of hydrogen-bond donors (Lipinski definition) is 2. The highest BCUT2D eigenvalue weighted by molar-refractivity contribution is 7.89. The molecule has 35 heavy (non-hydrogen) atoms. The lowest BCUT2D eigenvalue weighted by Crippen LogP contribution is -2.53. The van der Waals surface area contributed by atoms with E-state index in [0.29, 0.717) is 22.6 Å². The largest absolute Gasteiger partial charge is 0.497 e. The van der Waals surface area contributed by atoms with Crippen LogP contribution in [0.4, 0.5) is 5.69 Å². The van der Waals surface area contributed by atoms with Gasteiger partial charge in [-0.05, 0) is 54.4 Å². The zero-order chi connectivity index (χ0) is 25.2. The number of anilines is 1. The Kier molecular flexibility index (Phi) is 6.88. The van der Waals surface area contributed by atoms with E-state index < -0.39 is 22.0 Å². The Hall–Kier alpha value is -3.73.